The van der Waals surface area contributed by atoms with Gasteiger partial charge in [0.1, 0.15) is 10.6 Å². The molecule has 1 heterocycles. The van der Waals surface area contributed by atoms with Crippen LogP contribution in [0.15, 0.2) is 18.2 Å². The lowest BCUT2D eigenvalue weighted by Gasteiger charge is -2.03. The van der Waals surface area contributed by atoms with E-state index in [0.717, 1.165) is 10.1 Å². The van der Waals surface area contributed by atoms with Gasteiger partial charge in [-0.05, 0) is 18.2 Å². The van der Waals surface area contributed by atoms with Crippen molar-refractivity contribution in [1.29, 1.82) is 0 Å². The topological polar surface area (TPSA) is 61.5 Å². The van der Waals surface area contributed by atoms with Crippen molar-refractivity contribution in [2.45, 2.75) is 0 Å². The molecule has 1 aromatic heterocycles. The third kappa shape index (κ3) is 1.59. The van der Waals surface area contributed by atoms with E-state index in [1.165, 1.54) is 18.4 Å². The first kappa shape index (κ1) is 10.8. The van der Waals surface area contributed by atoms with Crippen LogP contribution in [0.1, 0.15) is 9.67 Å². The first-order valence-corrected chi connectivity index (χ1v) is 5.43. The van der Waals surface area contributed by atoms with E-state index in [9.17, 15) is 4.79 Å². The van der Waals surface area contributed by atoms with E-state index in [1.807, 2.05) is 6.07 Å². The standard InChI is InChI=1S/C11H11NO3S/c1-14-7-3-4-8-6(10(7)12)5-9(16-8)11(13)15-2/h3-5H,12H2,1-2H3. The second kappa shape index (κ2) is 4.02. The number of benzene rings is 1. The Morgan fingerprint density at radius 1 is 1.38 bits per heavy atom. The summed E-state index contributed by atoms with van der Waals surface area (Å²) < 4.78 is 10.7. The number of methoxy groups -OCH3 is 2. The zero-order valence-corrected chi connectivity index (χ0v) is 9.76. The molecule has 4 nitrogen and oxygen atoms in total. The molecule has 0 atom stereocenters. The molecule has 5 heteroatoms. The van der Waals surface area contributed by atoms with Gasteiger partial charge in [0.05, 0.1) is 19.9 Å². The second-order valence-electron chi connectivity index (χ2n) is 3.20. The number of rotatable bonds is 2. The highest BCUT2D eigenvalue weighted by Gasteiger charge is 2.13. The number of anilines is 1. The Labute approximate surface area is 96.6 Å². The minimum atomic E-state index is -0.348. The summed E-state index contributed by atoms with van der Waals surface area (Å²) in [6.07, 6.45) is 0. The molecule has 0 radical (unpaired) electrons. The Hall–Kier alpha value is -1.75. The molecule has 84 valence electrons. The van der Waals surface area contributed by atoms with Gasteiger partial charge in [0, 0.05) is 10.1 Å². The quantitative estimate of drug-likeness (QED) is 0.643. The Morgan fingerprint density at radius 3 is 2.75 bits per heavy atom. The van der Waals surface area contributed by atoms with Gasteiger partial charge in [0.15, 0.2) is 0 Å². The first-order chi connectivity index (χ1) is 7.67. The molecule has 1 aromatic carbocycles. The van der Waals surface area contributed by atoms with Gasteiger partial charge in [-0.3, -0.25) is 0 Å². The van der Waals surface area contributed by atoms with E-state index in [-0.39, 0.29) is 5.97 Å². The van der Waals surface area contributed by atoms with Crippen LogP contribution < -0.4 is 10.5 Å². The molecule has 0 bridgehead atoms. The van der Waals surface area contributed by atoms with Gasteiger partial charge < -0.3 is 15.2 Å². The highest BCUT2D eigenvalue weighted by Crippen LogP contribution is 2.35. The molecule has 0 fully saturated rings. The van der Waals surface area contributed by atoms with Gasteiger partial charge in [-0.25, -0.2) is 4.79 Å². The summed E-state index contributed by atoms with van der Waals surface area (Å²) in [7, 11) is 2.92. The van der Waals surface area contributed by atoms with E-state index in [0.29, 0.717) is 16.3 Å². The van der Waals surface area contributed by atoms with Crippen LogP contribution in [-0.4, -0.2) is 20.2 Å². The lowest BCUT2D eigenvalue weighted by atomic mass is 10.2. The van der Waals surface area contributed by atoms with E-state index >= 15 is 0 Å². The fourth-order valence-electron chi connectivity index (χ4n) is 1.49. The molecule has 2 aromatic rings. The average Bonchev–Trinajstić information content (AvgIpc) is 2.73. The summed E-state index contributed by atoms with van der Waals surface area (Å²) in [6.45, 7) is 0. The highest BCUT2D eigenvalue weighted by atomic mass is 32.1. The number of nitrogen functional groups attached to an aromatic ring is 1. The summed E-state index contributed by atoms with van der Waals surface area (Å²) in [4.78, 5) is 11.9. The van der Waals surface area contributed by atoms with Crippen LogP contribution in [0.5, 0.6) is 5.75 Å². The SMILES string of the molecule is COC(=O)c1cc2c(N)c(OC)ccc2s1. The van der Waals surface area contributed by atoms with Crippen molar-refractivity contribution < 1.29 is 14.3 Å². The molecule has 2 N–H and O–H groups in total. The molecule has 0 aliphatic heterocycles. The number of fused-ring (bicyclic) bond motifs is 1. The van der Waals surface area contributed by atoms with E-state index < -0.39 is 0 Å². The Bertz CT molecular complexity index is 547. The lowest BCUT2D eigenvalue weighted by molar-refractivity contribution is 0.0606. The zero-order chi connectivity index (χ0) is 11.7. The molecule has 0 unspecified atom stereocenters. The van der Waals surface area contributed by atoms with Crippen molar-refractivity contribution in [1.82, 2.24) is 0 Å². The van der Waals surface area contributed by atoms with Crippen LogP contribution in [0, 0.1) is 0 Å². The summed E-state index contributed by atoms with van der Waals surface area (Å²) >= 11 is 1.35. The van der Waals surface area contributed by atoms with Gasteiger partial charge in [-0.15, -0.1) is 11.3 Å². The molecule has 16 heavy (non-hydrogen) atoms. The van der Waals surface area contributed by atoms with Crippen molar-refractivity contribution in [2.75, 3.05) is 20.0 Å². The number of hydrogen-bond acceptors (Lipinski definition) is 5. The van der Waals surface area contributed by atoms with Gasteiger partial charge in [0.2, 0.25) is 0 Å². The number of ether oxygens (including phenoxy) is 2. The Balaban J connectivity index is 2.62. The molecule has 0 aliphatic rings. The maximum absolute atomic E-state index is 11.4. The summed E-state index contributed by atoms with van der Waals surface area (Å²) in [6, 6.07) is 5.39. The van der Waals surface area contributed by atoms with Crippen molar-refractivity contribution in [3.8, 4) is 5.75 Å². The van der Waals surface area contributed by atoms with Gasteiger partial charge >= 0.3 is 5.97 Å². The predicted octanol–water partition coefficient (Wildman–Crippen LogP) is 2.28. The van der Waals surface area contributed by atoms with Crippen LogP contribution in [-0.2, 0) is 4.74 Å². The number of carbonyl (C=O) groups is 1. The van der Waals surface area contributed by atoms with E-state index in [1.54, 1.807) is 19.2 Å². The van der Waals surface area contributed by atoms with Crippen LogP contribution in [0.2, 0.25) is 0 Å². The molecule has 0 saturated carbocycles. The van der Waals surface area contributed by atoms with E-state index in [2.05, 4.69) is 4.74 Å². The molecular weight excluding hydrogens is 226 g/mol. The monoisotopic (exact) mass is 237 g/mol. The Kier molecular flexibility index (Phi) is 2.70. The van der Waals surface area contributed by atoms with Crippen molar-refractivity contribution in [3.05, 3.63) is 23.1 Å². The zero-order valence-electron chi connectivity index (χ0n) is 8.94. The fraction of sp³-hybridized carbons (Fsp3) is 0.182. The van der Waals surface area contributed by atoms with Crippen molar-refractivity contribution >= 4 is 33.1 Å². The molecule has 2 rings (SSSR count). The third-order valence-electron chi connectivity index (χ3n) is 2.31. The molecule has 0 spiro atoms. The maximum Gasteiger partial charge on any atom is 0.348 e. The van der Waals surface area contributed by atoms with Crippen molar-refractivity contribution in [3.63, 3.8) is 0 Å². The predicted molar refractivity (Wildman–Crippen MR) is 64.1 cm³/mol. The minimum absolute atomic E-state index is 0.348. The number of nitrogens with two attached hydrogens (primary N) is 1. The lowest BCUT2D eigenvalue weighted by Crippen LogP contribution is -1.96. The molecule has 0 aliphatic carbocycles. The number of hydrogen-bond donors (Lipinski definition) is 1. The summed E-state index contributed by atoms with van der Waals surface area (Å²) in [5.41, 5.74) is 6.46. The number of carbonyl (C=O) groups excluding carboxylic acids is 1. The van der Waals surface area contributed by atoms with Gasteiger partial charge in [-0.1, -0.05) is 0 Å². The van der Waals surface area contributed by atoms with Crippen molar-refractivity contribution in [2.24, 2.45) is 0 Å². The normalized spacial score (nSPS) is 10.4. The summed E-state index contributed by atoms with van der Waals surface area (Å²) in [5.74, 6) is 0.265. The molecule has 0 amide bonds. The third-order valence-corrected chi connectivity index (χ3v) is 3.39. The smallest absolute Gasteiger partial charge is 0.348 e. The van der Waals surface area contributed by atoms with Crippen LogP contribution in [0.4, 0.5) is 5.69 Å². The van der Waals surface area contributed by atoms with Gasteiger partial charge in [0.25, 0.3) is 0 Å². The van der Waals surface area contributed by atoms with Crippen LogP contribution >= 0.6 is 11.3 Å². The fourth-order valence-corrected chi connectivity index (χ4v) is 2.49. The number of thiophene rings is 1. The van der Waals surface area contributed by atoms with Gasteiger partial charge in [-0.2, -0.15) is 0 Å². The maximum atomic E-state index is 11.4. The van der Waals surface area contributed by atoms with E-state index in [4.69, 9.17) is 10.5 Å². The highest BCUT2D eigenvalue weighted by molar-refractivity contribution is 7.20. The number of esters is 1. The largest absolute Gasteiger partial charge is 0.495 e. The second-order valence-corrected chi connectivity index (χ2v) is 4.28. The molecule has 0 saturated heterocycles. The molecular formula is C11H11NO3S. The average molecular weight is 237 g/mol. The Morgan fingerprint density at radius 2 is 2.12 bits per heavy atom. The van der Waals surface area contributed by atoms with Crippen LogP contribution in [0.25, 0.3) is 10.1 Å². The van der Waals surface area contributed by atoms with Crippen LogP contribution in [0.3, 0.4) is 0 Å². The minimum Gasteiger partial charge on any atom is -0.495 e. The summed E-state index contributed by atoms with van der Waals surface area (Å²) in [5, 5.41) is 0.824. The first-order valence-electron chi connectivity index (χ1n) is 4.61.